The Kier molecular flexibility index (Phi) is 9.02. The third-order valence-corrected chi connectivity index (χ3v) is 6.11. The number of urea groups is 1. The third kappa shape index (κ3) is 7.13. The van der Waals surface area contributed by atoms with Crippen LogP contribution in [0.15, 0.2) is 54.7 Å². The van der Waals surface area contributed by atoms with Crippen molar-refractivity contribution in [1.82, 2.24) is 19.4 Å². The van der Waals surface area contributed by atoms with E-state index in [4.69, 9.17) is 10.7 Å². The van der Waals surface area contributed by atoms with Crippen LogP contribution in [-0.2, 0) is 6.54 Å². The predicted molar refractivity (Wildman–Crippen MR) is 140 cm³/mol. The first-order chi connectivity index (χ1) is 17.4. The second kappa shape index (κ2) is 11.8. The van der Waals surface area contributed by atoms with Crippen molar-refractivity contribution < 1.29 is 18.0 Å². The first-order valence-corrected chi connectivity index (χ1v) is 12.3. The fraction of sp³-hybridized carbons (Fsp3) is 0.429. The van der Waals surface area contributed by atoms with E-state index in [1.807, 2.05) is 31.4 Å². The van der Waals surface area contributed by atoms with Crippen molar-refractivity contribution in [3.63, 3.8) is 0 Å². The van der Waals surface area contributed by atoms with E-state index < -0.39 is 30.0 Å². The number of hydrogen-bond acceptors (Lipinski definition) is 3. The summed E-state index contributed by atoms with van der Waals surface area (Å²) in [7, 11) is 3.31. The normalized spacial score (nSPS) is 13.3. The molecule has 0 aliphatic carbocycles. The molecular formula is C28H36F3N5O. The minimum absolute atomic E-state index is 0.214. The average molecular weight is 516 g/mol. The van der Waals surface area contributed by atoms with E-state index in [0.29, 0.717) is 22.6 Å². The van der Waals surface area contributed by atoms with Gasteiger partial charge in [0.2, 0.25) is 0 Å². The number of halogens is 3. The zero-order valence-corrected chi connectivity index (χ0v) is 22.1. The van der Waals surface area contributed by atoms with Crippen LogP contribution >= 0.6 is 0 Å². The van der Waals surface area contributed by atoms with Crippen LogP contribution in [0.25, 0.3) is 11.3 Å². The highest BCUT2D eigenvalue weighted by molar-refractivity contribution is 5.74. The Morgan fingerprint density at radius 1 is 1.08 bits per heavy atom. The topological polar surface area (TPSA) is 67.4 Å². The summed E-state index contributed by atoms with van der Waals surface area (Å²) < 4.78 is 43.1. The highest BCUT2D eigenvalue weighted by Crippen LogP contribution is 2.39. The maximum atomic E-state index is 14.1. The first kappa shape index (κ1) is 28.2. The molecule has 1 aromatic heterocycles. The molecule has 37 heavy (non-hydrogen) atoms. The van der Waals surface area contributed by atoms with Gasteiger partial charge in [-0.25, -0.2) is 22.9 Å². The summed E-state index contributed by atoms with van der Waals surface area (Å²) in [6.07, 6.45) is 2.06. The van der Waals surface area contributed by atoms with E-state index in [1.54, 1.807) is 43.4 Å². The molecule has 200 valence electrons. The zero-order valence-electron chi connectivity index (χ0n) is 22.1. The number of rotatable bonds is 9. The van der Waals surface area contributed by atoms with Gasteiger partial charge in [0, 0.05) is 45.0 Å². The van der Waals surface area contributed by atoms with Gasteiger partial charge in [-0.1, -0.05) is 45.0 Å². The molecule has 0 saturated carbocycles. The van der Waals surface area contributed by atoms with Crippen molar-refractivity contribution in [2.24, 2.45) is 11.1 Å². The van der Waals surface area contributed by atoms with Gasteiger partial charge < -0.3 is 20.1 Å². The van der Waals surface area contributed by atoms with Crippen molar-refractivity contribution in [1.29, 1.82) is 0 Å². The smallest absolute Gasteiger partial charge is 0.320 e. The lowest BCUT2D eigenvalue weighted by atomic mass is 9.84. The van der Waals surface area contributed by atoms with E-state index >= 15 is 0 Å². The Hall–Kier alpha value is -3.33. The van der Waals surface area contributed by atoms with Gasteiger partial charge in [-0.2, -0.15) is 0 Å². The molecule has 0 bridgehead atoms. The molecule has 1 unspecified atom stereocenters. The molecule has 6 nitrogen and oxygen atoms in total. The number of benzene rings is 2. The molecular weight excluding hydrogens is 479 g/mol. The van der Waals surface area contributed by atoms with Crippen molar-refractivity contribution >= 4 is 6.03 Å². The number of amides is 2. The van der Waals surface area contributed by atoms with Crippen molar-refractivity contribution in [2.75, 3.05) is 27.3 Å². The number of alkyl halides is 1. The number of carbonyl (C=O) groups is 1. The fourth-order valence-corrected chi connectivity index (χ4v) is 4.36. The minimum atomic E-state index is -0.701. The van der Waals surface area contributed by atoms with Crippen LogP contribution in [0.5, 0.6) is 0 Å². The van der Waals surface area contributed by atoms with Crippen LogP contribution in [0, 0.1) is 17.0 Å². The van der Waals surface area contributed by atoms with Gasteiger partial charge in [-0.3, -0.25) is 0 Å². The van der Waals surface area contributed by atoms with Crippen LogP contribution in [0.1, 0.15) is 44.6 Å². The number of aromatic nitrogens is 2. The van der Waals surface area contributed by atoms with Crippen molar-refractivity contribution in [2.45, 2.75) is 45.8 Å². The summed E-state index contributed by atoms with van der Waals surface area (Å²) in [4.78, 5) is 21.5. The van der Waals surface area contributed by atoms with Crippen LogP contribution in [0.4, 0.5) is 18.0 Å². The van der Waals surface area contributed by atoms with Gasteiger partial charge in [-0.15, -0.1) is 0 Å². The standard InChI is InChI=1S/C28H36F3N5O/c1-28(2,3)25(36(27(37)34(4)5)13-12-23(32)16-29)26-33-24(20-9-7-11-22(31)15-20)18-35(26)17-19-8-6-10-21(30)14-19/h6-11,14-15,18,23,25H,12-13,16-17,32H2,1-5H3/t23-,25?/m0/s1. The summed E-state index contributed by atoms with van der Waals surface area (Å²) in [5.74, 6) is -0.197. The Morgan fingerprint density at radius 3 is 2.30 bits per heavy atom. The number of hydrogen-bond donors (Lipinski definition) is 1. The highest BCUT2D eigenvalue weighted by atomic mass is 19.1. The van der Waals surface area contributed by atoms with Gasteiger partial charge in [0.1, 0.15) is 24.1 Å². The molecule has 2 aromatic carbocycles. The molecule has 9 heteroatoms. The summed E-state index contributed by atoms with van der Waals surface area (Å²) >= 11 is 0. The molecule has 3 aromatic rings. The summed E-state index contributed by atoms with van der Waals surface area (Å²) in [6, 6.07) is 10.9. The number of imidazole rings is 1. The molecule has 2 N–H and O–H groups in total. The molecule has 3 rings (SSSR count). The van der Waals surface area contributed by atoms with E-state index in [9.17, 15) is 18.0 Å². The second-order valence-electron chi connectivity index (χ2n) is 10.6. The monoisotopic (exact) mass is 515 g/mol. The van der Waals surface area contributed by atoms with E-state index in [1.165, 1.54) is 29.2 Å². The summed E-state index contributed by atoms with van der Waals surface area (Å²) in [6.45, 7) is 5.79. The van der Waals surface area contributed by atoms with Gasteiger partial charge in [-0.05, 0) is 41.7 Å². The summed E-state index contributed by atoms with van der Waals surface area (Å²) in [5.41, 5.74) is 7.18. The molecule has 1 heterocycles. The molecule has 0 aliphatic rings. The molecule has 2 amide bonds. The van der Waals surface area contributed by atoms with Crippen molar-refractivity contribution in [3.05, 3.63) is 77.8 Å². The molecule has 0 radical (unpaired) electrons. The van der Waals surface area contributed by atoms with Gasteiger partial charge in [0.05, 0.1) is 11.7 Å². The SMILES string of the molecule is CN(C)C(=O)N(CC[C@H](N)CF)C(c1nc(-c2cccc(F)c2)cn1Cc1cccc(F)c1)C(C)(C)C. The maximum absolute atomic E-state index is 14.1. The van der Waals surface area contributed by atoms with Crippen LogP contribution in [0.2, 0.25) is 0 Å². The van der Waals surface area contributed by atoms with Crippen LogP contribution in [-0.4, -0.2) is 58.7 Å². The van der Waals surface area contributed by atoms with E-state index in [0.717, 1.165) is 0 Å². The lowest BCUT2D eigenvalue weighted by Gasteiger charge is -2.41. The molecule has 0 fully saturated rings. The largest absolute Gasteiger partial charge is 0.331 e. The highest BCUT2D eigenvalue weighted by Gasteiger charge is 2.39. The Labute approximate surface area is 216 Å². The third-order valence-electron chi connectivity index (χ3n) is 6.11. The van der Waals surface area contributed by atoms with E-state index in [2.05, 4.69) is 0 Å². The summed E-state index contributed by atoms with van der Waals surface area (Å²) in [5, 5.41) is 0. The van der Waals surface area contributed by atoms with Gasteiger partial charge in [0.15, 0.2) is 0 Å². The minimum Gasteiger partial charge on any atom is -0.331 e. The molecule has 2 atom stereocenters. The predicted octanol–water partition coefficient (Wildman–Crippen LogP) is 5.63. The number of nitrogens with zero attached hydrogens (tertiary/aromatic N) is 4. The average Bonchev–Trinajstić information content (AvgIpc) is 3.22. The van der Waals surface area contributed by atoms with Crippen LogP contribution in [0.3, 0.4) is 0 Å². The Bertz CT molecular complexity index is 1200. The quantitative estimate of drug-likeness (QED) is 0.401. The van der Waals surface area contributed by atoms with Gasteiger partial charge >= 0.3 is 6.03 Å². The van der Waals surface area contributed by atoms with Crippen molar-refractivity contribution in [3.8, 4) is 11.3 Å². The van der Waals surface area contributed by atoms with E-state index in [-0.39, 0.29) is 31.4 Å². The lowest BCUT2D eigenvalue weighted by molar-refractivity contribution is 0.0899. The van der Waals surface area contributed by atoms with Gasteiger partial charge in [0.25, 0.3) is 0 Å². The fourth-order valence-electron chi connectivity index (χ4n) is 4.36. The Balaban J connectivity index is 2.19. The maximum Gasteiger partial charge on any atom is 0.320 e. The zero-order chi connectivity index (χ0) is 27.3. The molecule has 0 aliphatic heterocycles. The lowest BCUT2D eigenvalue weighted by Crippen LogP contribution is -2.48. The number of nitrogens with two attached hydrogens (primary N) is 1. The number of carbonyl (C=O) groups excluding carboxylic acids is 1. The second-order valence-corrected chi connectivity index (χ2v) is 10.6. The Morgan fingerprint density at radius 2 is 1.73 bits per heavy atom. The molecule has 0 spiro atoms. The van der Waals surface area contributed by atoms with Crippen LogP contribution < -0.4 is 5.73 Å². The first-order valence-electron chi connectivity index (χ1n) is 12.3. The molecule has 0 saturated heterocycles.